The maximum atomic E-state index is 2.52. The average molecular weight is 468 g/mol. The largest absolute Gasteiger partial charge is 0.345 e. The number of hydrogen-bond donors (Lipinski definition) is 0. The van der Waals surface area contributed by atoms with Gasteiger partial charge in [0.15, 0.2) is 0 Å². The van der Waals surface area contributed by atoms with Crippen LogP contribution in [0.5, 0.6) is 0 Å². The molecule has 0 aromatic heterocycles. The van der Waals surface area contributed by atoms with Gasteiger partial charge in [0.25, 0.3) is 0 Å². The Hall–Kier alpha value is -3.32. The summed E-state index contributed by atoms with van der Waals surface area (Å²) < 4.78 is 0. The van der Waals surface area contributed by atoms with E-state index in [0.717, 1.165) is 0 Å². The monoisotopic (exact) mass is 467 g/mol. The second-order valence-corrected chi connectivity index (χ2v) is 11.7. The van der Waals surface area contributed by atoms with E-state index in [2.05, 4.69) is 96.9 Å². The van der Waals surface area contributed by atoms with Gasteiger partial charge in [0, 0.05) is 29.3 Å². The molecule has 0 heterocycles. The molecule has 4 aromatic rings. The summed E-state index contributed by atoms with van der Waals surface area (Å²) in [5, 5.41) is 0. The van der Waals surface area contributed by atoms with Crippen molar-refractivity contribution in [1.82, 2.24) is 0 Å². The van der Waals surface area contributed by atoms with Crippen LogP contribution in [0.25, 0.3) is 22.3 Å². The topological polar surface area (TPSA) is 3.24 Å². The fraction of sp³-hybridized carbons (Fsp3) is 0.314. The van der Waals surface area contributed by atoms with E-state index in [1.54, 1.807) is 22.3 Å². The molecule has 178 valence electrons. The lowest BCUT2D eigenvalue weighted by atomic mass is 9.76. The number of hydrogen-bond acceptors (Lipinski definition) is 1. The Kier molecular flexibility index (Phi) is 4.25. The Bertz CT molecular complexity index is 1400. The molecule has 0 amide bonds. The van der Waals surface area contributed by atoms with Crippen molar-refractivity contribution in [3.05, 3.63) is 107 Å². The van der Waals surface area contributed by atoms with Crippen LogP contribution in [0.2, 0.25) is 0 Å². The summed E-state index contributed by atoms with van der Waals surface area (Å²) >= 11 is 0. The van der Waals surface area contributed by atoms with E-state index in [1.165, 1.54) is 85.0 Å². The fourth-order valence-corrected chi connectivity index (χ4v) is 8.49. The maximum Gasteiger partial charge on any atom is 0.0411 e. The van der Waals surface area contributed by atoms with E-state index in [-0.39, 0.29) is 10.8 Å². The van der Waals surface area contributed by atoms with Gasteiger partial charge in [0.2, 0.25) is 0 Å². The lowest BCUT2D eigenvalue weighted by molar-refractivity contribution is 0.549. The van der Waals surface area contributed by atoms with Crippen molar-refractivity contribution in [3.8, 4) is 22.3 Å². The molecule has 4 aliphatic carbocycles. The van der Waals surface area contributed by atoms with Gasteiger partial charge in [-0.25, -0.2) is 0 Å². The molecule has 0 aliphatic heterocycles. The molecule has 8 rings (SSSR count). The Morgan fingerprint density at radius 2 is 0.861 bits per heavy atom. The summed E-state index contributed by atoms with van der Waals surface area (Å²) in [5.74, 6) is 0. The van der Waals surface area contributed by atoms with E-state index in [9.17, 15) is 0 Å². The van der Waals surface area contributed by atoms with Gasteiger partial charge in [0.1, 0.15) is 0 Å². The van der Waals surface area contributed by atoms with E-state index < -0.39 is 0 Å². The number of benzene rings is 4. The van der Waals surface area contributed by atoms with Gasteiger partial charge in [-0.2, -0.15) is 0 Å². The highest BCUT2D eigenvalue weighted by Crippen LogP contribution is 2.59. The molecule has 2 saturated carbocycles. The highest BCUT2D eigenvalue weighted by molar-refractivity contribution is 5.86. The highest BCUT2D eigenvalue weighted by Gasteiger charge is 2.46. The zero-order chi connectivity index (χ0) is 23.9. The summed E-state index contributed by atoms with van der Waals surface area (Å²) in [5.41, 5.74) is 15.1. The van der Waals surface area contributed by atoms with Crippen molar-refractivity contribution in [2.24, 2.45) is 0 Å². The SMILES string of the molecule is CN(c1ccc2c(c1)C1(CCCC1)c1ccccc1-2)c1ccc2c(c1)C1(CCCC1)c1ccccc1-2. The van der Waals surface area contributed by atoms with E-state index in [4.69, 9.17) is 0 Å². The Labute approximate surface area is 214 Å². The lowest BCUT2D eigenvalue weighted by Crippen LogP contribution is -2.22. The second-order valence-electron chi connectivity index (χ2n) is 11.7. The van der Waals surface area contributed by atoms with Gasteiger partial charge in [-0.05, 0) is 94.5 Å². The summed E-state index contributed by atoms with van der Waals surface area (Å²) in [6.07, 6.45) is 10.5. The molecule has 4 aliphatic rings. The van der Waals surface area contributed by atoms with Gasteiger partial charge < -0.3 is 4.90 Å². The average Bonchev–Trinajstić information content (AvgIpc) is 3.72. The van der Waals surface area contributed by atoms with E-state index in [1.807, 2.05) is 0 Å². The second kappa shape index (κ2) is 7.35. The maximum absolute atomic E-state index is 2.52. The van der Waals surface area contributed by atoms with Crippen molar-refractivity contribution in [1.29, 1.82) is 0 Å². The molecule has 0 radical (unpaired) electrons. The quantitative estimate of drug-likeness (QED) is 0.284. The Morgan fingerprint density at radius 3 is 1.31 bits per heavy atom. The third-order valence-corrected chi connectivity index (χ3v) is 10.2. The smallest absolute Gasteiger partial charge is 0.0411 e. The van der Waals surface area contributed by atoms with Crippen LogP contribution in [0.15, 0.2) is 84.9 Å². The Balaban J connectivity index is 1.23. The van der Waals surface area contributed by atoms with Gasteiger partial charge in [-0.1, -0.05) is 86.3 Å². The van der Waals surface area contributed by atoms with E-state index >= 15 is 0 Å². The van der Waals surface area contributed by atoms with Crippen molar-refractivity contribution in [3.63, 3.8) is 0 Å². The minimum Gasteiger partial charge on any atom is -0.345 e. The lowest BCUT2D eigenvalue weighted by Gasteiger charge is -2.29. The molecule has 2 fully saturated rings. The van der Waals surface area contributed by atoms with Gasteiger partial charge in [-0.3, -0.25) is 0 Å². The van der Waals surface area contributed by atoms with Gasteiger partial charge >= 0.3 is 0 Å². The van der Waals surface area contributed by atoms with Crippen molar-refractivity contribution in [2.75, 3.05) is 11.9 Å². The molecular weight excluding hydrogens is 434 g/mol. The summed E-state index contributed by atoms with van der Waals surface area (Å²) in [4.78, 5) is 2.43. The zero-order valence-corrected chi connectivity index (χ0v) is 21.2. The first-order valence-corrected chi connectivity index (χ1v) is 13.9. The third kappa shape index (κ3) is 2.56. The molecule has 0 saturated heterocycles. The standard InChI is InChI=1S/C35H33N/c1-36(24-14-16-28-26-10-2-4-12-30(26)34(32(28)22-24)18-6-7-19-34)25-15-17-29-27-11-3-5-13-31(27)35(33(29)23-25)20-8-9-21-35/h2-5,10-17,22-23H,6-9,18-21H2,1H3. The van der Waals surface area contributed by atoms with Crippen molar-refractivity contribution >= 4 is 11.4 Å². The van der Waals surface area contributed by atoms with Crippen molar-refractivity contribution < 1.29 is 0 Å². The zero-order valence-electron chi connectivity index (χ0n) is 21.2. The number of rotatable bonds is 2. The molecule has 4 aromatic carbocycles. The number of fused-ring (bicyclic) bond motifs is 10. The number of anilines is 2. The molecule has 0 unspecified atom stereocenters. The van der Waals surface area contributed by atoms with Crippen LogP contribution in [0.3, 0.4) is 0 Å². The third-order valence-electron chi connectivity index (χ3n) is 10.2. The first-order valence-electron chi connectivity index (χ1n) is 13.9. The predicted octanol–water partition coefficient (Wildman–Crippen LogP) is 9.14. The highest BCUT2D eigenvalue weighted by atomic mass is 15.1. The molecule has 0 atom stereocenters. The predicted molar refractivity (Wildman–Crippen MR) is 150 cm³/mol. The van der Waals surface area contributed by atoms with Crippen LogP contribution in [-0.2, 0) is 10.8 Å². The molecule has 1 nitrogen and oxygen atoms in total. The molecule has 0 bridgehead atoms. The molecular formula is C35H33N. The fourth-order valence-electron chi connectivity index (χ4n) is 8.49. The minimum absolute atomic E-state index is 0.219. The van der Waals surface area contributed by atoms with Crippen LogP contribution >= 0.6 is 0 Å². The van der Waals surface area contributed by atoms with Crippen LogP contribution < -0.4 is 4.90 Å². The van der Waals surface area contributed by atoms with E-state index in [0.29, 0.717) is 0 Å². The normalized spacial score (nSPS) is 19.4. The molecule has 2 spiro atoms. The number of nitrogens with zero attached hydrogens (tertiary/aromatic N) is 1. The van der Waals surface area contributed by atoms with Crippen LogP contribution in [-0.4, -0.2) is 7.05 Å². The molecule has 36 heavy (non-hydrogen) atoms. The summed E-state index contributed by atoms with van der Waals surface area (Å²) in [6.45, 7) is 0. The molecule has 1 heteroatoms. The first kappa shape index (κ1) is 20.8. The summed E-state index contributed by atoms with van der Waals surface area (Å²) in [6, 6.07) is 32.9. The van der Waals surface area contributed by atoms with Crippen LogP contribution in [0, 0.1) is 0 Å². The Morgan fingerprint density at radius 1 is 0.472 bits per heavy atom. The first-order chi connectivity index (χ1) is 17.7. The minimum atomic E-state index is 0.219. The van der Waals surface area contributed by atoms with Crippen molar-refractivity contribution in [2.45, 2.75) is 62.2 Å². The van der Waals surface area contributed by atoms with Crippen LogP contribution in [0.4, 0.5) is 11.4 Å². The molecule has 0 N–H and O–H groups in total. The summed E-state index contributed by atoms with van der Waals surface area (Å²) in [7, 11) is 2.26. The van der Waals surface area contributed by atoms with Gasteiger partial charge in [0.05, 0.1) is 0 Å². The van der Waals surface area contributed by atoms with Gasteiger partial charge in [-0.15, -0.1) is 0 Å². The van der Waals surface area contributed by atoms with Crippen LogP contribution in [0.1, 0.15) is 73.6 Å².